The van der Waals surface area contributed by atoms with Crippen molar-refractivity contribution in [3.05, 3.63) is 35.9 Å². The van der Waals surface area contributed by atoms with Crippen LogP contribution in [-0.4, -0.2) is 43.5 Å². The zero-order valence-corrected chi connectivity index (χ0v) is 11.8. The number of pyridine rings is 1. The highest BCUT2D eigenvalue weighted by molar-refractivity contribution is 5.85. The van der Waals surface area contributed by atoms with Crippen LogP contribution in [0.25, 0.3) is 10.9 Å². The van der Waals surface area contributed by atoms with E-state index >= 15 is 0 Å². The van der Waals surface area contributed by atoms with Gasteiger partial charge in [-0.2, -0.15) is 0 Å². The number of carbonyl (C=O) groups is 1. The fourth-order valence-corrected chi connectivity index (χ4v) is 1.95. The molecule has 0 radical (unpaired) electrons. The Morgan fingerprint density at radius 2 is 1.89 bits per heavy atom. The third-order valence-corrected chi connectivity index (χ3v) is 3.17. The predicted octanol–water partition coefficient (Wildman–Crippen LogP) is 2.07. The van der Waals surface area contributed by atoms with Gasteiger partial charge in [-0.15, -0.1) is 0 Å². The van der Waals surface area contributed by atoms with E-state index in [0.717, 1.165) is 16.7 Å². The van der Waals surface area contributed by atoms with Crippen molar-refractivity contribution in [2.75, 3.05) is 32.6 Å². The molecule has 100 valence electrons. The largest absolute Gasteiger partial charge is 0.350 e. The molecule has 0 unspecified atom stereocenters. The van der Waals surface area contributed by atoms with Gasteiger partial charge in [0, 0.05) is 26.5 Å². The quantitative estimate of drug-likeness (QED) is 0.844. The van der Waals surface area contributed by atoms with Crippen LogP contribution >= 0.6 is 0 Å². The summed E-state index contributed by atoms with van der Waals surface area (Å²) in [6.45, 7) is 2.40. The van der Waals surface area contributed by atoms with E-state index in [4.69, 9.17) is 0 Å². The molecule has 4 nitrogen and oxygen atoms in total. The Morgan fingerprint density at radius 3 is 2.58 bits per heavy atom. The summed E-state index contributed by atoms with van der Waals surface area (Å²) >= 11 is 0. The molecule has 1 heterocycles. The molecule has 1 amide bonds. The predicted molar refractivity (Wildman–Crippen MR) is 78.4 cm³/mol. The highest BCUT2D eigenvalue weighted by Crippen LogP contribution is 2.21. The van der Waals surface area contributed by atoms with Crippen molar-refractivity contribution < 1.29 is 4.79 Å². The number of anilines is 1. The average Bonchev–Trinajstić information content (AvgIpc) is 2.38. The normalized spacial score (nSPS) is 10.5. The first-order valence-electron chi connectivity index (χ1n) is 6.26. The van der Waals surface area contributed by atoms with Gasteiger partial charge in [-0.05, 0) is 24.6 Å². The molecule has 0 fully saturated rings. The minimum Gasteiger partial charge on any atom is -0.350 e. The molecule has 0 aliphatic carbocycles. The highest BCUT2D eigenvalue weighted by Gasteiger charge is 2.11. The van der Waals surface area contributed by atoms with E-state index < -0.39 is 0 Å². The van der Waals surface area contributed by atoms with Crippen molar-refractivity contribution >= 4 is 22.6 Å². The molecule has 0 saturated heterocycles. The van der Waals surface area contributed by atoms with E-state index in [-0.39, 0.29) is 5.91 Å². The van der Waals surface area contributed by atoms with Crippen LogP contribution in [0.15, 0.2) is 30.3 Å². The number of fused-ring (bicyclic) bond motifs is 1. The smallest absolute Gasteiger partial charge is 0.241 e. The van der Waals surface area contributed by atoms with Crippen molar-refractivity contribution in [1.29, 1.82) is 0 Å². The molecule has 0 aliphatic rings. The van der Waals surface area contributed by atoms with Crippen LogP contribution in [0, 0.1) is 6.92 Å². The number of carbonyl (C=O) groups excluding carboxylic acids is 1. The Morgan fingerprint density at radius 1 is 1.21 bits per heavy atom. The van der Waals surface area contributed by atoms with Gasteiger partial charge in [-0.1, -0.05) is 18.2 Å². The molecule has 1 aromatic carbocycles. The number of likely N-dealkylation sites (N-methyl/N-ethyl adjacent to an activating group) is 2. The minimum absolute atomic E-state index is 0.0649. The molecule has 2 rings (SSSR count). The lowest BCUT2D eigenvalue weighted by molar-refractivity contribution is -0.127. The molecule has 0 atom stereocenters. The van der Waals surface area contributed by atoms with Gasteiger partial charge in [0.25, 0.3) is 0 Å². The Labute approximate surface area is 113 Å². The lowest BCUT2D eigenvalue weighted by atomic mass is 10.1. The third-order valence-electron chi connectivity index (χ3n) is 3.17. The number of rotatable bonds is 3. The van der Waals surface area contributed by atoms with Crippen LogP contribution in [0.4, 0.5) is 5.82 Å². The van der Waals surface area contributed by atoms with E-state index in [1.165, 1.54) is 5.56 Å². The number of benzene rings is 1. The minimum atomic E-state index is 0.0649. The van der Waals surface area contributed by atoms with Gasteiger partial charge in [0.1, 0.15) is 5.82 Å². The van der Waals surface area contributed by atoms with Crippen LogP contribution in [0.3, 0.4) is 0 Å². The maximum atomic E-state index is 11.7. The number of aromatic nitrogens is 1. The standard InChI is InChI=1S/C15H19N3O/c1-11-9-14(18(4)10-15(19)17(2)3)16-13-8-6-5-7-12(11)13/h5-9H,10H2,1-4H3. The first-order chi connectivity index (χ1) is 8.99. The second-order valence-corrected chi connectivity index (χ2v) is 4.96. The van der Waals surface area contributed by atoms with Crippen molar-refractivity contribution in [1.82, 2.24) is 9.88 Å². The Balaban J connectivity index is 2.32. The Kier molecular flexibility index (Phi) is 3.69. The van der Waals surface area contributed by atoms with Gasteiger partial charge < -0.3 is 9.80 Å². The lowest BCUT2D eigenvalue weighted by Crippen LogP contribution is -2.34. The Bertz CT molecular complexity index is 607. The van der Waals surface area contributed by atoms with E-state index in [0.29, 0.717) is 6.54 Å². The van der Waals surface area contributed by atoms with Crippen LogP contribution in [0.1, 0.15) is 5.56 Å². The number of para-hydroxylation sites is 1. The first kappa shape index (κ1) is 13.3. The molecule has 0 saturated carbocycles. The van der Waals surface area contributed by atoms with Crippen molar-refractivity contribution in [2.45, 2.75) is 6.92 Å². The zero-order chi connectivity index (χ0) is 14.0. The molecule has 1 aromatic heterocycles. The topological polar surface area (TPSA) is 36.4 Å². The van der Waals surface area contributed by atoms with Crippen LogP contribution < -0.4 is 4.90 Å². The van der Waals surface area contributed by atoms with E-state index in [9.17, 15) is 4.79 Å². The SMILES string of the molecule is Cc1cc(N(C)CC(=O)N(C)C)nc2ccccc12. The van der Waals surface area contributed by atoms with Gasteiger partial charge in [0.15, 0.2) is 0 Å². The fourth-order valence-electron chi connectivity index (χ4n) is 1.95. The summed E-state index contributed by atoms with van der Waals surface area (Å²) < 4.78 is 0. The van der Waals surface area contributed by atoms with Crippen LogP contribution in [-0.2, 0) is 4.79 Å². The van der Waals surface area contributed by atoms with Crippen molar-refractivity contribution in [3.8, 4) is 0 Å². The number of hydrogen-bond donors (Lipinski definition) is 0. The second-order valence-electron chi connectivity index (χ2n) is 4.96. The number of hydrogen-bond acceptors (Lipinski definition) is 3. The molecule has 19 heavy (non-hydrogen) atoms. The average molecular weight is 257 g/mol. The number of aryl methyl sites for hydroxylation is 1. The zero-order valence-electron chi connectivity index (χ0n) is 11.8. The number of amides is 1. The molecule has 0 bridgehead atoms. The summed E-state index contributed by atoms with van der Waals surface area (Å²) in [7, 11) is 5.41. The summed E-state index contributed by atoms with van der Waals surface area (Å²) in [4.78, 5) is 19.8. The monoisotopic (exact) mass is 257 g/mol. The molecule has 0 spiro atoms. The van der Waals surface area contributed by atoms with Gasteiger partial charge in [-0.3, -0.25) is 4.79 Å². The highest BCUT2D eigenvalue weighted by atomic mass is 16.2. The lowest BCUT2D eigenvalue weighted by Gasteiger charge is -2.21. The van der Waals surface area contributed by atoms with Gasteiger partial charge >= 0.3 is 0 Å². The molecular formula is C15H19N3O. The second kappa shape index (κ2) is 5.26. The molecular weight excluding hydrogens is 238 g/mol. The Hall–Kier alpha value is -2.10. The van der Waals surface area contributed by atoms with Gasteiger partial charge in [0.05, 0.1) is 12.1 Å². The van der Waals surface area contributed by atoms with Crippen LogP contribution in [0.5, 0.6) is 0 Å². The molecule has 0 N–H and O–H groups in total. The summed E-state index contributed by atoms with van der Waals surface area (Å²) in [6, 6.07) is 10.1. The third kappa shape index (κ3) is 2.84. The van der Waals surface area contributed by atoms with Crippen molar-refractivity contribution in [3.63, 3.8) is 0 Å². The van der Waals surface area contributed by atoms with Crippen LogP contribution in [0.2, 0.25) is 0 Å². The van der Waals surface area contributed by atoms with Gasteiger partial charge in [-0.25, -0.2) is 4.98 Å². The molecule has 2 aromatic rings. The van der Waals surface area contributed by atoms with Crippen molar-refractivity contribution in [2.24, 2.45) is 0 Å². The van der Waals surface area contributed by atoms with Gasteiger partial charge in [0.2, 0.25) is 5.91 Å². The van der Waals surface area contributed by atoms with E-state index in [2.05, 4.69) is 18.0 Å². The van der Waals surface area contributed by atoms with E-state index in [1.807, 2.05) is 36.2 Å². The maximum absolute atomic E-state index is 11.7. The summed E-state index contributed by atoms with van der Waals surface area (Å²) in [5, 5.41) is 1.15. The summed E-state index contributed by atoms with van der Waals surface area (Å²) in [5.41, 5.74) is 2.13. The van der Waals surface area contributed by atoms with E-state index in [1.54, 1.807) is 19.0 Å². The molecule has 0 aliphatic heterocycles. The summed E-state index contributed by atoms with van der Waals surface area (Å²) in [6.07, 6.45) is 0. The molecule has 4 heteroatoms. The fraction of sp³-hybridized carbons (Fsp3) is 0.333. The number of nitrogens with zero attached hydrogens (tertiary/aromatic N) is 3. The maximum Gasteiger partial charge on any atom is 0.241 e. The first-order valence-corrected chi connectivity index (χ1v) is 6.26. The summed E-state index contributed by atoms with van der Waals surface area (Å²) in [5.74, 6) is 0.890.